The normalized spacial score (nSPS) is 9.94. The van der Waals surface area contributed by atoms with Crippen molar-refractivity contribution in [2.75, 3.05) is 31.4 Å². The van der Waals surface area contributed by atoms with Gasteiger partial charge < -0.3 is 15.0 Å². The summed E-state index contributed by atoms with van der Waals surface area (Å²) in [6, 6.07) is 15.9. The Morgan fingerprint density at radius 3 is 1.78 bits per heavy atom. The molecule has 3 heteroatoms. The van der Waals surface area contributed by atoms with Crippen molar-refractivity contribution < 1.29 is 4.74 Å². The lowest BCUT2D eigenvalue weighted by atomic mass is 10.3. The first-order valence-electron chi connectivity index (χ1n) is 5.92. The van der Waals surface area contributed by atoms with Gasteiger partial charge in [0.2, 0.25) is 0 Å². The maximum Gasteiger partial charge on any atom is 0.127 e. The summed E-state index contributed by atoms with van der Waals surface area (Å²) in [4.78, 5) is 2.06. The third-order valence-electron chi connectivity index (χ3n) is 2.73. The highest BCUT2D eigenvalue weighted by Gasteiger charge is 1.99. The van der Waals surface area contributed by atoms with E-state index in [0.29, 0.717) is 0 Å². The van der Waals surface area contributed by atoms with Crippen molar-refractivity contribution in [3.63, 3.8) is 0 Å². The average Bonchev–Trinajstić information content (AvgIpc) is 2.40. The molecule has 0 atom stereocenters. The van der Waals surface area contributed by atoms with Crippen LogP contribution in [0.3, 0.4) is 0 Å². The Hall–Kier alpha value is -2.16. The van der Waals surface area contributed by atoms with Crippen LogP contribution in [0, 0.1) is 0 Å². The molecule has 0 saturated heterocycles. The molecule has 2 aromatic rings. The molecule has 0 fully saturated rings. The minimum atomic E-state index is 0.839. The monoisotopic (exact) mass is 242 g/mol. The van der Waals surface area contributed by atoms with Crippen LogP contribution in [0.2, 0.25) is 0 Å². The largest absolute Gasteiger partial charge is 0.457 e. The minimum Gasteiger partial charge on any atom is -0.457 e. The Labute approximate surface area is 108 Å². The molecule has 3 nitrogen and oxygen atoms in total. The van der Waals surface area contributed by atoms with Gasteiger partial charge in [-0.15, -0.1) is 0 Å². The van der Waals surface area contributed by atoms with Crippen molar-refractivity contribution in [3.05, 3.63) is 48.5 Å². The van der Waals surface area contributed by atoms with Gasteiger partial charge in [-0.1, -0.05) is 0 Å². The highest BCUT2D eigenvalue weighted by Crippen LogP contribution is 2.24. The smallest absolute Gasteiger partial charge is 0.127 e. The highest BCUT2D eigenvalue weighted by molar-refractivity contribution is 5.49. The van der Waals surface area contributed by atoms with Gasteiger partial charge in [-0.2, -0.15) is 0 Å². The summed E-state index contributed by atoms with van der Waals surface area (Å²) in [5.74, 6) is 1.68. The molecule has 1 N–H and O–H groups in total. The van der Waals surface area contributed by atoms with E-state index in [-0.39, 0.29) is 0 Å². The quantitative estimate of drug-likeness (QED) is 0.886. The van der Waals surface area contributed by atoms with Crippen molar-refractivity contribution in [1.29, 1.82) is 0 Å². The van der Waals surface area contributed by atoms with Crippen LogP contribution in [0.25, 0.3) is 0 Å². The molecule has 0 aromatic heterocycles. The van der Waals surface area contributed by atoms with E-state index in [1.165, 1.54) is 0 Å². The number of hydrogen-bond acceptors (Lipinski definition) is 3. The minimum absolute atomic E-state index is 0.839. The summed E-state index contributed by atoms with van der Waals surface area (Å²) < 4.78 is 5.77. The summed E-state index contributed by atoms with van der Waals surface area (Å²) in [5.41, 5.74) is 2.23. The number of anilines is 2. The summed E-state index contributed by atoms with van der Waals surface area (Å²) >= 11 is 0. The molecule has 0 aliphatic carbocycles. The number of rotatable bonds is 4. The molecule has 2 aromatic carbocycles. The third-order valence-corrected chi connectivity index (χ3v) is 2.73. The fraction of sp³-hybridized carbons (Fsp3) is 0.200. The molecule has 0 unspecified atom stereocenters. The predicted octanol–water partition coefficient (Wildman–Crippen LogP) is 3.59. The summed E-state index contributed by atoms with van der Waals surface area (Å²) in [6.45, 7) is 0. The zero-order valence-corrected chi connectivity index (χ0v) is 11.0. The third kappa shape index (κ3) is 2.94. The predicted molar refractivity (Wildman–Crippen MR) is 76.8 cm³/mol. The second kappa shape index (κ2) is 5.45. The fourth-order valence-corrected chi connectivity index (χ4v) is 1.64. The lowest BCUT2D eigenvalue weighted by Gasteiger charge is -2.13. The van der Waals surface area contributed by atoms with Crippen LogP contribution in [0.5, 0.6) is 11.5 Å². The molecule has 0 aliphatic heterocycles. The topological polar surface area (TPSA) is 24.5 Å². The zero-order chi connectivity index (χ0) is 13.0. The van der Waals surface area contributed by atoms with E-state index in [0.717, 1.165) is 22.9 Å². The maximum absolute atomic E-state index is 5.77. The van der Waals surface area contributed by atoms with E-state index >= 15 is 0 Å². The number of benzene rings is 2. The van der Waals surface area contributed by atoms with E-state index < -0.39 is 0 Å². The van der Waals surface area contributed by atoms with Gasteiger partial charge >= 0.3 is 0 Å². The van der Waals surface area contributed by atoms with Crippen molar-refractivity contribution in [1.82, 2.24) is 0 Å². The van der Waals surface area contributed by atoms with Crippen molar-refractivity contribution >= 4 is 11.4 Å². The highest BCUT2D eigenvalue weighted by atomic mass is 16.5. The zero-order valence-electron chi connectivity index (χ0n) is 11.0. The standard InChI is InChI=1S/C15H18N2O/c1-16-12-4-8-14(9-5-12)18-15-10-6-13(7-11-15)17(2)3/h4-11,16H,1-3H3. The second-order valence-corrected chi connectivity index (χ2v) is 4.26. The molecule has 18 heavy (non-hydrogen) atoms. The van der Waals surface area contributed by atoms with E-state index in [1.54, 1.807) is 0 Å². The van der Waals surface area contributed by atoms with Gasteiger partial charge in [-0.05, 0) is 48.5 Å². The molecule has 0 saturated carbocycles. The van der Waals surface area contributed by atoms with Gasteiger partial charge in [-0.3, -0.25) is 0 Å². The molecule has 2 rings (SSSR count). The van der Waals surface area contributed by atoms with Crippen molar-refractivity contribution in [3.8, 4) is 11.5 Å². The summed E-state index contributed by atoms with van der Waals surface area (Å²) in [5, 5.41) is 3.08. The Balaban J connectivity index is 2.08. The molecule has 0 amide bonds. The van der Waals surface area contributed by atoms with Gasteiger partial charge in [0.25, 0.3) is 0 Å². The average molecular weight is 242 g/mol. The first-order valence-corrected chi connectivity index (χ1v) is 5.92. The van der Waals surface area contributed by atoms with Crippen LogP contribution < -0.4 is 15.0 Å². The summed E-state index contributed by atoms with van der Waals surface area (Å²) in [6.07, 6.45) is 0. The lowest BCUT2D eigenvalue weighted by Crippen LogP contribution is -2.07. The lowest BCUT2D eigenvalue weighted by molar-refractivity contribution is 0.483. The van der Waals surface area contributed by atoms with Crippen LogP contribution in [-0.4, -0.2) is 21.1 Å². The van der Waals surface area contributed by atoms with Gasteiger partial charge in [-0.25, -0.2) is 0 Å². The first kappa shape index (κ1) is 12.3. The maximum atomic E-state index is 5.77. The Morgan fingerprint density at radius 2 is 1.33 bits per heavy atom. The van der Waals surface area contributed by atoms with Gasteiger partial charge in [0.1, 0.15) is 11.5 Å². The Morgan fingerprint density at radius 1 is 0.833 bits per heavy atom. The van der Waals surface area contributed by atoms with Gasteiger partial charge in [0.15, 0.2) is 0 Å². The number of nitrogens with one attached hydrogen (secondary N) is 1. The number of nitrogens with zero attached hydrogens (tertiary/aromatic N) is 1. The summed E-state index contributed by atoms with van der Waals surface area (Å²) in [7, 11) is 5.94. The van der Waals surface area contributed by atoms with E-state index in [9.17, 15) is 0 Å². The number of ether oxygens (including phenoxy) is 1. The molecular weight excluding hydrogens is 224 g/mol. The van der Waals surface area contributed by atoms with E-state index in [4.69, 9.17) is 4.74 Å². The molecule has 0 aliphatic rings. The molecule has 0 bridgehead atoms. The van der Waals surface area contributed by atoms with Crippen LogP contribution in [0.1, 0.15) is 0 Å². The molecule has 94 valence electrons. The SMILES string of the molecule is CNc1ccc(Oc2ccc(N(C)C)cc2)cc1. The van der Waals surface area contributed by atoms with Gasteiger partial charge in [0.05, 0.1) is 0 Å². The second-order valence-electron chi connectivity index (χ2n) is 4.26. The van der Waals surface area contributed by atoms with Crippen LogP contribution in [0.15, 0.2) is 48.5 Å². The Kier molecular flexibility index (Phi) is 3.72. The fourth-order valence-electron chi connectivity index (χ4n) is 1.64. The molecule has 0 spiro atoms. The van der Waals surface area contributed by atoms with Crippen molar-refractivity contribution in [2.24, 2.45) is 0 Å². The molecule has 0 heterocycles. The van der Waals surface area contributed by atoms with Gasteiger partial charge in [0, 0.05) is 32.5 Å². The van der Waals surface area contributed by atoms with Crippen LogP contribution >= 0.6 is 0 Å². The van der Waals surface area contributed by atoms with E-state index in [2.05, 4.69) is 10.2 Å². The first-order chi connectivity index (χ1) is 8.69. The van der Waals surface area contributed by atoms with Crippen LogP contribution in [0.4, 0.5) is 11.4 Å². The molecule has 0 radical (unpaired) electrons. The number of hydrogen-bond donors (Lipinski definition) is 1. The van der Waals surface area contributed by atoms with E-state index in [1.807, 2.05) is 69.7 Å². The van der Waals surface area contributed by atoms with Crippen LogP contribution in [-0.2, 0) is 0 Å². The molecular formula is C15H18N2O. The van der Waals surface area contributed by atoms with Crippen molar-refractivity contribution in [2.45, 2.75) is 0 Å². The Bertz CT molecular complexity index is 489.